The molecule has 11 heteroatoms. The lowest BCUT2D eigenvalue weighted by Gasteiger charge is -2.27. The highest BCUT2D eigenvalue weighted by Gasteiger charge is 2.36. The van der Waals surface area contributed by atoms with Crippen LogP contribution in [0.1, 0.15) is 37.4 Å². The number of benzene rings is 2. The van der Waals surface area contributed by atoms with Crippen molar-refractivity contribution in [2.24, 2.45) is 4.99 Å². The highest BCUT2D eigenvalue weighted by Crippen LogP contribution is 2.41. The first-order chi connectivity index (χ1) is 19.9. The molecule has 41 heavy (non-hydrogen) atoms. The molecule has 0 bridgehead atoms. The summed E-state index contributed by atoms with van der Waals surface area (Å²) in [7, 11) is 6.21. The molecule has 1 aromatic heterocycles. The normalized spacial score (nSPS) is 14.8. The number of ether oxygens (including phenoxy) is 6. The summed E-state index contributed by atoms with van der Waals surface area (Å²) in [5, 5.41) is 0. The lowest BCUT2D eigenvalue weighted by atomic mass is 9.94. The molecule has 4 rings (SSSR count). The molecule has 0 fully saturated rings. The van der Waals surface area contributed by atoms with Gasteiger partial charge in [-0.05, 0) is 43.7 Å². The van der Waals surface area contributed by atoms with Crippen LogP contribution < -0.4 is 33.8 Å². The van der Waals surface area contributed by atoms with Crippen LogP contribution in [-0.2, 0) is 14.3 Å². The van der Waals surface area contributed by atoms with Gasteiger partial charge >= 0.3 is 5.97 Å². The Kier molecular flexibility index (Phi) is 9.85. The van der Waals surface area contributed by atoms with Crippen LogP contribution in [0.5, 0.6) is 23.0 Å². The summed E-state index contributed by atoms with van der Waals surface area (Å²) in [4.78, 5) is 32.7. The Labute approximate surface area is 242 Å². The van der Waals surface area contributed by atoms with Gasteiger partial charge in [0.15, 0.2) is 16.3 Å². The number of rotatable bonds is 12. The molecule has 1 atom stereocenters. The van der Waals surface area contributed by atoms with E-state index < -0.39 is 12.0 Å². The highest BCUT2D eigenvalue weighted by atomic mass is 32.1. The zero-order chi connectivity index (χ0) is 29.5. The Balaban J connectivity index is 1.98. The number of thiazole rings is 1. The van der Waals surface area contributed by atoms with Crippen molar-refractivity contribution < 1.29 is 33.2 Å². The van der Waals surface area contributed by atoms with Crippen molar-refractivity contribution in [3.63, 3.8) is 0 Å². The molecule has 218 valence electrons. The van der Waals surface area contributed by atoms with Crippen LogP contribution >= 0.6 is 11.3 Å². The van der Waals surface area contributed by atoms with Crippen molar-refractivity contribution in [2.75, 3.05) is 48.3 Å². The van der Waals surface area contributed by atoms with E-state index in [4.69, 9.17) is 28.4 Å². The van der Waals surface area contributed by atoms with Gasteiger partial charge in [0.25, 0.3) is 5.56 Å². The Hall–Kier alpha value is -4.09. The Bertz CT molecular complexity index is 1620. The molecule has 0 saturated carbocycles. The molecule has 0 amide bonds. The molecule has 10 nitrogen and oxygen atoms in total. The van der Waals surface area contributed by atoms with Crippen molar-refractivity contribution in [1.82, 2.24) is 4.57 Å². The maximum atomic E-state index is 14.1. The second-order valence-corrected chi connectivity index (χ2v) is 10.1. The number of hydrogen-bond acceptors (Lipinski definition) is 10. The lowest BCUT2D eigenvalue weighted by Crippen LogP contribution is -2.40. The van der Waals surface area contributed by atoms with E-state index in [9.17, 15) is 9.59 Å². The number of methoxy groups -OCH3 is 4. The fourth-order valence-corrected chi connectivity index (χ4v) is 5.57. The summed E-state index contributed by atoms with van der Waals surface area (Å²) < 4.78 is 35.1. The van der Waals surface area contributed by atoms with Crippen LogP contribution in [-0.4, -0.2) is 58.8 Å². The molecular weight excluding hydrogens is 548 g/mol. The topological polar surface area (TPSA) is 107 Å². The minimum absolute atomic E-state index is 0.0518. The van der Waals surface area contributed by atoms with Gasteiger partial charge in [-0.1, -0.05) is 30.4 Å². The van der Waals surface area contributed by atoms with E-state index in [2.05, 4.69) is 4.99 Å². The lowest BCUT2D eigenvalue weighted by molar-refractivity contribution is -0.140. The molecule has 0 aliphatic carbocycles. The third-order valence-corrected chi connectivity index (χ3v) is 7.44. The summed E-state index contributed by atoms with van der Waals surface area (Å²) in [6, 6.07) is 9.86. The third-order valence-electron chi connectivity index (χ3n) is 6.46. The van der Waals surface area contributed by atoms with Gasteiger partial charge in [-0.3, -0.25) is 9.36 Å². The van der Waals surface area contributed by atoms with Crippen molar-refractivity contribution >= 4 is 23.4 Å². The first kappa shape index (κ1) is 29.9. The van der Waals surface area contributed by atoms with Crippen LogP contribution in [0.2, 0.25) is 0 Å². The van der Waals surface area contributed by atoms with Gasteiger partial charge in [0.2, 0.25) is 0 Å². The van der Waals surface area contributed by atoms with Crippen LogP contribution in [0.15, 0.2) is 57.5 Å². The summed E-state index contributed by atoms with van der Waals surface area (Å²) in [6.07, 6.45) is 2.49. The van der Waals surface area contributed by atoms with Crippen molar-refractivity contribution in [3.05, 3.63) is 78.5 Å². The number of hydrogen-bond donors (Lipinski definition) is 0. The van der Waals surface area contributed by atoms with Gasteiger partial charge in [0.05, 0.1) is 50.3 Å². The predicted molar refractivity (Wildman–Crippen MR) is 155 cm³/mol. The second kappa shape index (κ2) is 13.5. The predicted octanol–water partition coefficient (Wildman–Crippen LogP) is 3.24. The monoisotopic (exact) mass is 582 g/mol. The maximum absolute atomic E-state index is 14.1. The van der Waals surface area contributed by atoms with E-state index in [1.807, 2.05) is 13.0 Å². The number of aromatic nitrogens is 1. The van der Waals surface area contributed by atoms with Gasteiger partial charge in [-0.2, -0.15) is 0 Å². The molecule has 0 radical (unpaired) electrons. The molecule has 0 N–H and O–H groups in total. The van der Waals surface area contributed by atoms with Gasteiger partial charge in [0, 0.05) is 18.2 Å². The Morgan fingerprint density at radius 2 is 1.80 bits per heavy atom. The van der Waals surface area contributed by atoms with E-state index in [1.54, 1.807) is 64.7 Å². The molecular formula is C30H34N2O8S. The molecule has 0 spiro atoms. The maximum Gasteiger partial charge on any atom is 0.338 e. The molecule has 1 aliphatic heterocycles. The number of allylic oxidation sites excluding steroid dienone is 1. The van der Waals surface area contributed by atoms with Crippen LogP contribution in [0.4, 0.5) is 0 Å². The molecule has 3 aromatic rings. The van der Waals surface area contributed by atoms with E-state index in [-0.39, 0.29) is 24.3 Å². The minimum atomic E-state index is -0.877. The molecule has 2 heterocycles. The standard InChI is InChI=1S/C30H34N2O8S/c1-7-13-39-27-21(9-8-10-23(27)38-6)26-25(29(34)40-15-14-35-3)18(2)31-30-32(26)28(33)24(41-30)17-19-16-20(36-4)11-12-22(19)37-5/h8-12,16-17,26H,7,13-15H2,1-6H3/b24-17+/t26-/m1/s1. The molecule has 2 aromatic carbocycles. The van der Waals surface area contributed by atoms with Crippen molar-refractivity contribution in [1.29, 1.82) is 0 Å². The smallest absolute Gasteiger partial charge is 0.338 e. The zero-order valence-corrected chi connectivity index (χ0v) is 24.8. The number of para-hydroxylation sites is 1. The van der Waals surface area contributed by atoms with Crippen molar-refractivity contribution in [2.45, 2.75) is 26.3 Å². The Morgan fingerprint density at radius 1 is 1.02 bits per heavy atom. The molecule has 0 unspecified atom stereocenters. The van der Waals surface area contributed by atoms with E-state index in [0.717, 1.165) is 6.42 Å². The number of carbonyl (C=O) groups is 1. The first-order valence-corrected chi connectivity index (χ1v) is 13.9. The first-order valence-electron chi connectivity index (χ1n) is 13.1. The summed E-state index contributed by atoms with van der Waals surface area (Å²) in [5.74, 6) is 1.54. The van der Waals surface area contributed by atoms with E-state index in [0.29, 0.717) is 55.8 Å². The van der Waals surface area contributed by atoms with Gasteiger partial charge in [-0.25, -0.2) is 9.79 Å². The fraction of sp³-hybridized carbons (Fsp3) is 0.367. The average molecular weight is 583 g/mol. The average Bonchev–Trinajstić information content (AvgIpc) is 3.28. The molecule has 1 aliphatic rings. The largest absolute Gasteiger partial charge is 0.497 e. The summed E-state index contributed by atoms with van der Waals surface area (Å²) in [6.45, 7) is 4.43. The summed E-state index contributed by atoms with van der Waals surface area (Å²) in [5.41, 5.74) is 1.58. The van der Waals surface area contributed by atoms with Gasteiger partial charge in [-0.15, -0.1) is 0 Å². The van der Waals surface area contributed by atoms with Gasteiger partial charge < -0.3 is 28.4 Å². The number of esters is 1. The number of carbonyl (C=O) groups excluding carboxylic acids is 1. The number of fused-ring (bicyclic) bond motifs is 1. The van der Waals surface area contributed by atoms with Crippen molar-refractivity contribution in [3.8, 4) is 23.0 Å². The zero-order valence-electron chi connectivity index (χ0n) is 24.0. The van der Waals surface area contributed by atoms with Crippen LogP contribution in [0, 0.1) is 0 Å². The number of nitrogens with zero attached hydrogens (tertiary/aromatic N) is 2. The van der Waals surface area contributed by atoms with E-state index >= 15 is 0 Å². The van der Waals surface area contributed by atoms with Crippen LogP contribution in [0.25, 0.3) is 6.08 Å². The van der Waals surface area contributed by atoms with E-state index in [1.165, 1.54) is 23.0 Å². The fourth-order valence-electron chi connectivity index (χ4n) is 4.53. The quantitative estimate of drug-likeness (QED) is 0.237. The highest BCUT2D eigenvalue weighted by molar-refractivity contribution is 7.07. The van der Waals surface area contributed by atoms with Crippen LogP contribution in [0.3, 0.4) is 0 Å². The molecule has 0 saturated heterocycles. The SMILES string of the molecule is CCCOc1c(OC)cccc1[C@@H]1C(C(=O)OCCOC)=C(C)N=c2s/c(=C/c3cc(OC)ccc3OC)c(=O)n21. The second-order valence-electron chi connectivity index (χ2n) is 9.05. The minimum Gasteiger partial charge on any atom is -0.497 e. The Morgan fingerprint density at radius 3 is 2.49 bits per heavy atom. The third kappa shape index (κ3) is 6.15. The summed E-state index contributed by atoms with van der Waals surface area (Å²) >= 11 is 1.21. The van der Waals surface area contributed by atoms with Gasteiger partial charge in [0.1, 0.15) is 24.1 Å².